The number of hydrogen-bond donors (Lipinski definition) is 0. The Balaban J connectivity index is 1.27. The molecule has 0 radical (unpaired) electrons. The largest absolute Gasteiger partial charge is 0.339 e. The molecule has 5 nitrogen and oxygen atoms in total. The maximum Gasteiger partial charge on any atom is 0.256 e. The van der Waals surface area contributed by atoms with Crippen molar-refractivity contribution in [3.8, 4) is 0 Å². The molecule has 2 amide bonds. The van der Waals surface area contributed by atoms with Crippen LogP contribution >= 0.6 is 11.8 Å². The van der Waals surface area contributed by atoms with Crippen LogP contribution in [0.2, 0.25) is 0 Å². The van der Waals surface area contributed by atoms with E-state index in [0.29, 0.717) is 48.9 Å². The molecule has 7 heteroatoms. The van der Waals surface area contributed by atoms with Crippen molar-refractivity contribution in [2.24, 2.45) is 0 Å². The molecule has 0 spiro atoms. The minimum absolute atomic E-state index is 0.0640. The molecule has 4 rings (SSSR count). The van der Waals surface area contributed by atoms with Gasteiger partial charge in [0.15, 0.2) is 0 Å². The number of piperazine rings is 1. The summed E-state index contributed by atoms with van der Waals surface area (Å²) in [6.45, 7) is 2.13. The predicted molar refractivity (Wildman–Crippen MR) is 132 cm³/mol. The van der Waals surface area contributed by atoms with E-state index >= 15 is 0 Å². The van der Waals surface area contributed by atoms with Crippen LogP contribution in [-0.2, 0) is 17.0 Å². The van der Waals surface area contributed by atoms with Gasteiger partial charge in [0, 0.05) is 44.5 Å². The van der Waals surface area contributed by atoms with Gasteiger partial charge in [-0.25, -0.2) is 9.37 Å². The lowest BCUT2D eigenvalue weighted by molar-refractivity contribution is -0.132. The molecule has 2 heterocycles. The van der Waals surface area contributed by atoms with E-state index in [4.69, 9.17) is 0 Å². The third-order valence-corrected chi connectivity index (χ3v) is 6.99. The summed E-state index contributed by atoms with van der Waals surface area (Å²) < 4.78 is 13.1. The van der Waals surface area contributed by atoms with Crippen LogP contribution in [0.3, 0.4) is 0 Å². The van der Waals surface area contributed by atoms with Crippen LogP contribution < -0.4 is 0 Å². The molecule has 1 aliphatic heterocycles. The van der Waals surface area contributed by atoms with Crippen LogP contribution in [0.1, 0.15) is 34.3 Å². The van der Waals surface area contributed by atoms with Crippen LogP contribution in [0.4, 0.5) is 4.39 Å². The Hall–Kier alpha value is -3.19. The molecule has 0 bridgehead atoms. The normalized spacial score (nSPS) is 13.7. The fourth-order valence-corrected chi connectivity index (χ4v) is 4.92. The summed E-state index contributed by atoms with van der Waals surface area (Å²) in [6.07, 6.45) is 3.92. The maximum atomic E-state index is 13.2. The topological polar surface area (TPSA) is 53.5 Å². The van der Waals surface area contributed by atoms with Crippen LogP contribution in [0.25, 0.3) is 0 Å². The summed E-state index contributed by atoms with van der Waals surface area (Å²) in [5.74, 6) is 0.421. The summed E-state index contributed by atoms with van der Waals surface area (Å²) >= 11 is 1.47. The Labute approximate surface area is 204 Å². The van der Waals surface area contributed by atoms with Gasteiger partial charge in [0.05, 0.1) is 5.56 Å². The van der Waals surface area contributed by atoms with Crippen molar-refractivity contribution in [2.75, 3.05) is 26.2 Å². The van der Waals surface area contributed by atoms with Gasteiger partial charge in [-0.2, -0.15) is 0 Å². The highest BCUT2D eigenvalue weighted by atomic mass is 32.2. The molecule has 0 saturated carbocycles. The molecule has 3 aromatic rings. The van der Waals surface area contributed by atoms with Crippen molar-refractivity contribution in [3.05, 3.63) is 95.4 Å². The number of nitrogens with zero attached hydrogens (tertiary/aromatic N) is 3. The van der Waals surface area contributed by atoms with Gasteiger partial charge < -0.3 is 9.80 Å². The molecule has 1 aromatic heterocycles. The fourth-order valence-electron chi connectivity index (χ4n) is 3.98. The molecule has 0 aliphatic carbocycles. The Morgan fingerprint density at radius 2 is 1.56 bits per heavy atom. The second-order valence-electron chi connectivity index (χ2n) is 8.28. The molecule has 0 N–H and O–H groups in total. The maximum absolute atomic E-state index is 13.2. The molecule has 0 unspecified atom stereocenters. The highest BCUT2D eigenvalue weighted by molar-refractivity contribution is 7.98. The molecule has 0 atom stereocenters. The number of rotatable bonds is 8. The van der Waals surface area contributed by atoms with Crippen LogP contribution in [0.15, 0.2) is 78.0 Å². The van der Waals surface area contributed by atoms with Crippen molar-refractivity contribution in [2.45, 2.75) is 30.0 Å². The average Bonchev–Trinajstić information content (AvgIpc) is 2.89. The quantitative estimate of drug-likeness (QED) is 0.437. The number of aryl methyl sites for hydroxylation is 1. The van der Waals surface area contributed by atoms with Crippen LogP contribution in [0, 0.1) is 5.82 Å². The summed E-state index contributed by atoms with van der Waals surface area (Å²) in [7, 11) is 0. The van der Waals surface area contributed by atoms with Crippen LogP contribution in [0.5, 0.6) is 0 Å². The van der Waals surface area contributed by atoms with E-state index in [1.807, 2.05) is 23.1 Å². The van der Waals surface area contributed by atoms with Crippen molar-refractivity contribution >= 4 is 23.6 Å². The number of carbonyl (C=O) groups is 2. The lowest BCUT2D eigenvalue weighted by atomic mass is 10.1. The zero-order chi connectivity index (χ0) is 23.8. The molecule has 1 saturated heterocycles. The number of amides is 2. The number of carbonyl (C=O) groups excluding carboxylic acids is 2. The van der Waals surface area contributed by atoms with Crippen molar-refractivity contribution < 1.29 is 14.0 Å². The average molecular weight is 478 g/mol. The first-order valence-corrected chi connectivity index (χ1v) is 12.5. The Morgan fingerprint density at radius 3 is 2.29 bits per heavy atom. The molecule has 34 heavy (non-hydrogen) atoms. The first-order chi connectivity index (χ1) is 16.6. The minimum Gasteiger partial charge on any atom is -0.339 e. The van der Waals surface area contributed by atoms with E-state index in [-0.39, 0.29) is 17.6 Å². The predicted octanol–water partition coefficient (Wildman–Crippen LogP) is 4.82. The number of pyridine rings is 1. The van der Waals surface area contributed by atoms with Gasteiger partial charge in [-0.1, -0.05) is 42.5 Å². The molecular formula is C27H28FN3O2S. The smallest absolute Gasteiger partial charge is 0.256 e. The van der Waals surface area contributed by atoms with Crippen molar-refractivity contribution in [3.63, 3.8) is 0 Å². The number of halogens is 1. The molecular weight excluding hydrogens is 449 g/mol. The van der Waals surface area contributed by atoms with E-state index in [0.717, 1.165) is 18.4 Å². The summed E-state index contributed by atoms with van der Waals surface area (Å²) in [5.41, 5.74) is 2.78. The zero-order valence-electron chi connectivity index (χ0n) is 19.0. The second kappa shape index (κ2) is 11.8. The van der Waals surface area contributed by atoms with E-state index in [1.54, 1.807) is 35.4 Å². The van der Waals surface area contributed by atoms with Gasteiger partial charge in [-0.05, 0) is 48.2 Å². The fraction of sp³-hybridized carbons (Fsp3) is 0.296. The highest BCUT2D eigenvalue weighted by Gasteiger charge is 2.26. The Morgan fingerprint density at radius 1 is 0.853 bits per heavy atom. The lowest BCUT2D eigenvalue weighted by Gasteiger charge is -2.35. The first kappa shape index (κ1) is 24.0. The van der Waals surface area contributed by atoms with Gasteiger partial charge in [0.1, 0.15) is 10.8 Å². The van der Waals surface area contributed by atoms with E-state index in [1.165, 1.54) is 29.5 Å². The van der Waals surface area contributed by atoms with Gasteiger partial charge in [-0.15, -0.1) is 11.8 Å². The van der Waals surface area contributed by atoms with Crippen molar-refractivity contribution in [1.29, 1.82) is 0 Å². The molecule has 1 fully saturated rings. The number of benzene rings is 2. The van der Waals surface area contributed by atoms with Gasteiger partial charge in [0.25, 0.3) is 5.91 Å². The zero-order valence-corrected chi connectivity index (χ0v) is 19.8. The molecule has 1 aliphatic rings. The van der Waals surface area contributed by atoms with E-state index in [9.17, 15) is 14.0 Å². The minimum atomic E-state index is -0.267. The van der Waals surface area contributed by atoms with Crippen molar-refractivity contribution in [1.82, 2.24) is 14.8 Å². The summed E-state index contributed by atoms with van der Waals surface area (Å²) in [4.78, 5) is 33.9. The van der Waals surface area contributed by atoms with E-state index < -0.39 is 0 Å². The third-order valence-electron chi connectivity index (χ3n) is 5.91. The Kier molecular flexibility index (Phi) is 8.31. The number of hydrogen-bond acceptors (Lipinski definition) is 4. The SMILES string of the molecule is O=C(CCCc1ccccc1)N1CCN(C(=O)c2cccnc2SCc2ccc(F)cc2)CC1. The second-order valence-corrected chi connectivity index (χ2v) is 9.25. The third kappa shape index (κ3) is 6.44. The number of thioether (sulfide) groups is 1. The standard InChI is InChI=1S/C27H28FN3O2S/c28-23-13-11-22(12-14-23)20-34-26-24(9-5-15-29-26)27(33)31-18-16-30(17-19-31)25(32)10-4-8-21-6-2-1-3-7-21/h1-3,5-7,9,11-15H,4,8,10,16-20H2. The summed E-state index contributed by atoms with van der Waals surface area (Å²) in [6, 6.07) is 20.1. The molecule has 176 valence electrons. The highest BCUT2D eigenvalue weighted by Crippen LogP contribution is 2.25. The first-order valence-electron chi connectivity index (χ1n) is 11.5. The van der Waals surface area contributed by atoms with Gasteiger partial charge in [0.2, 0.25) is 5.91 Å². The summed E-state index contributed by atoms with van der Waals surface area (Å²) in [5, 5.41) is 0.663. The van der Waals surface area contributed by atoms with Gasteiger partial charge in [-0.3, -0.25) is 9.59 Å². The van der Waals surface area contributed by atoms with Crippen LogP contribution in [-0.4, -0.2) is 52.8 Å². The number of aromatic nitrogens is 1. The monoisotopic (exact) mass is 477 g/mol. The van der Waals surface area contributed by atoms with E-state index in [2.05, 4.69) is 17.1 Å². The molecule has 2 aromatic carbocycles. The van der Waals surface area contributed by atoms with Gasteiger partial charge >= 0.3 is 0 Å². The Bertz CT molecular complexity index is 1100. The lowest BCUT2D eigenvalue weighted by Crippen LogP contribution is -2.50.